The van der Waals surface area contributed by atoms with E-state index in [-0.39, 0.29) is 6.04 Å². The summed E-state index contributed by atoms with van der Waals surface area (Å²) in [6.07, 6.45) is 1.59. The molecule has 1 aliphatic rings. The first-order chi connectivity index (χ1) is 12.4. The van der Waals surface area contributed by atoms with Crippen molar-refractivity contribution in [1.82, 2.24) is 4.98 Å². The number of pyridine rings is 1. The summed E-state index contributed by atoms with van der Waals surface area (Å²) in [5.41, 5.74) is -1.26. The Bertz CT molecular complexity index is 852. The number of para-hydroxylation sites is 2. The van der Waals surface area contributed by atoms with Gasteiger partial charge in [0.05, 0.1) is 12.8 Å². The Hall–Kier alpha value is -3.09. The summed E-state index contributed by atoms with van der Waals surface area (Å²) in [6.45, 7) is 5.19. The second-order valence-electron chi connectivity index (χ2n) is 6.38. The first-order valence-corrected chi connectivity index (χ1v) is 8.30. The fraction of sp³-hybridized carbons (Fsp3) is 0.316. The van der Waals surface area contributed by atoms with Gasteiger partial charge in [0, 0.05) is 12.2 Å². The Morgan fingerprint density at radius 3 is 2.69 bits per heavy atom. The van der Waals surface area contributed by atoms with E-state index in [1.807, 2.05) is 13.8 Å². The van der Waals surface area contributed by atoms with Gasteiger partial charge in [-0.1, -0.05) is 12.1 Å². The number of hydrogen-bond acceptors (Lipinski definition) is 5. The van der Waals surface area contributed by atoms with Gasteiger partial charge in [-0.15, -0.1) is 0 Å². The molecule has 3 rings (SSSR count). The second kappa shape index (κ2) is 6.67. The van der Waals surface area contributed by atoms with Gasteiger partial charge in [-0.25, -0.2) is 4.98 Å². The fourth-order valence-electron chi connectivity index (χ4n) is 2.84. The van der Waals surface area contributed by atoms with Crippen LogP contribution in [0, 0.1) is 0 Å². The van der Waals surface area contributed by atoms with Gasteiger partial charge in [-0.3, -0.25) is 14.5 Å². The van der Waals surface area contributed by atoms with Crippen molar-refractivity contribution in [3.05, 3.63) is 42.6 Å². The van der Waals surface area contributed by atoms with E-state index in [9.17, 15) is 9.59 Å². The minimum absolute atomic E-state index is 0.182. The van der Waals surface area contributed by atoms with Crippen molar-refractivity contribution in [2.75, 3.05) is 17.3 Å². The maximum absolute atomic E-state index is 13.1. The second-order valence-corrected chi connectivity index (χ2v) is 6.38. The number of rotatable bonds is 4. The number of carbonyl (C=O) groups is 2. The van der Waals surface area contributed by atoms with Crippen molar-refractivity contribution in [2.45, 2.75) is 32.4 Å². The number of benzene rings is 1. The van der Waals surface area contributed by atoms with Crippen LogP contribution in [0.2, 0.25) is 0 Å². The first kappa shape index (κ1) is 17.7. The van der Waals surface area contributed by atoms with E-state index < -0.39 is 17.4 Å². The molecule has 1 aromatic heterocycles. The van der Waals surface area contributed by atoms with Gasteiger partial charge in [-0.05, 0) is 45.0 Å². The highest BCUT2D eigenvalue weighted by Crippen LogP contribution is 2.38. The molecule has 2 aromatic rings. The summed E-state index contributed by atoms with van der Waals surface area (Å²) in [4.78, 5) is 31.8. The van der Waals surface area contributed by atoms with E-state index in [1.54, 1.807) is 42.6 Å². The predicted octanol–water partition coefficient (Wildman–Crippen LogP) is 2.62. The number of nitrogens with one attached hydrogen (secondary N) is 1. The number of nitrogens with zero attached hydrogens (tertiary/aromatic N) is 2. The van der Waals surface area contributed by atoms with Gasteiger partial charge >= 0.3 is 0 Å². The molecule has 1 aromatic carbocycles. The van der Waals surface area contributed by atoms with Gasteiger partial charge < -0.3 is 14.8 Å². The van der Waals surface area contributed by atoms with E-state index in [2.05, 4.69) is 10.3 Å². The van der Waals surface area contributed by atoms with E-state index in [0.29, 0.717) is 23.0 Å². The number of ether oxygens (including phenoxy) is 2. The number of methoxy groups -OCH3 is 1. The maximum atomic E-state index is 13.1. The van der Waals surface area contributed by atoms with E-state index in [1.165, 1.54) is 18.9 Å². The molecule has 7 nitrogen and oxygen atoms in total. The summed E-state index contributed by atoms with van der Waals surface area (Å²) in [5.74, 6) is 0.252. The Morgan fingerprint density at radius 2 is 2.00 bits per heavy atom. The van der Waals surface area contributed by atoms with Crippen LogP contribution in [0.5, 0.6) is 11.5 Å². The molecule has 1 atom stereocenters. The highest BCUT2D eigenvalue weighted by atomic mass is 16.5. The average molecular weight is 355 g/mol. The van der Waals surface area contributed by atoms with Crippen LogP contribution < -0.4 is 19.7 Å². The van der Waals surface area contributed by atoms with Crippen molar-refractivity contribution in [2.24, 2.45) is 0 Å². The predicted molar refractivity (Wildman–Crippen MR) is 97.5 cm³/mol. The third-order valence-electron chi connectivity index (χ3n) is 4.22. The number of fused-ring (bicyclic) bond motifs is 1. The number of amides is 2. The lowest BCUT2D eigenvalue weighted by Gasteiger charge is -2.40. The van der Waals surface area contributed by atoms with Gasteiger partial charge in [0.15, 0.2) is 11.6 Å². The quantitative estimate of drug-likeness (QED) is 0.853. The Kier molecular flexibility index (Phi) is 4.54. The van der Waals surface area contributed by atoms with E-state index >= 15 is 0 Å². The third kappa shape index (κ3) is 2.85. The molecule has 0 bridgehead atoms. The fourth-order valence-corrected chi connectivity index (χ4v) is 2.84. The molecule has 1 N–H and O–H groups in total. The lowest BCUT2D eigenvalue weighted by molar-refractivity contribution is -0.145. The molecule has 0 fully saturated rings. The maximum Gasteiger partial charge on any atom is 0.282 e. The van der Waals surface area contributed by atoms with Crippen molar-refractivity contribution >= 4 is 23.3 Å². The molecular weight excluding hydrogens is 334 g/mol. The molecule has 26 heavy (non-hydrogen) atoms. The SMILES string of the molecule is COc1ccccc1NC(=O)[C@@]1(C)Oc2cccnc2N(C(C)C)C1=O. The molecular formula is C19H21N3O4. The average Bonchev–Trinajstić information content (AvgIpc) is 2.62. The summed E-state index contributed by atoms with van der Waals surface area (Å²) < 4.78 is 11.1. The number of hydrogen-bond donors (Lipinski definition) is 1. The van der Waals surface area contributed by atoms with Crippen LogP contribution in [0.25, 0.3) is 0 Å². The van der Waals surface area contributed by atoms with Gasteiger partial charge in [0.2, 0.25) is 0 Å². The van der Waals surface area contributed by atoms with Crippen LogP contribution >= 0.6 is 0 Å². The van der Waals surface area contributed by atoms with Crippen molar-refractivity contribution in [3.8, 4) is 11.5 Å². The van der Waals surface area contributed by atoms with Crippen LogP contribution in [0.1, 0.15) is 20.8 Å². The van der Waals surface area contributed by atoms with Gasteiger partial charge in [0.1, 0.15) is 5.75 Å². The minimum Gasteiger partial charge on any atom is -0.495 e. The smallest absolute Gasteiger partial charge is 0.282 e. The Labute approximate surface area is 151 Å². The van der Waals surface area contributed by atoms with Crippen LogP contribution in [0.3, 0.4) is 0 Å². The molecule has 136 valence electrons. The molecule has 0 radical (unpaired) electrons. The summed E-state index contributed by atoms with van der Waals surface area (Å²) in [5, 5.41) is 2.74. The molecule has 0 saturated carbocycles. The van der Waals surface area contributed by atoms with Gasteiger partial charge in [-0.2, -0.15) is 0 Å². The third-order valence-corrected chi connectivity index (χ3v) is 4.22. The topological polar surface area (TPSA) is 80.8 Å². The minimum atomic E-state index is -1.72. The molecule has 0 unspecified atom stereocenters. The number of anilines is 2. The lowest BCUT2D eigenvalue weighted by Crippen LogP contribution is -2.62. The van der Waals surface area contributed by atoms with Crippen LogP contribution in [0.4, 0.5) is 11.5 Å². The monoisotopic (exact) mass is 355 g/mol. The van der Waals surface area contributed by atoms with Crippen molar-refractivity contribution < 1.29 is 19.1 Å². The van der Waals surface area contributed by atoms with Crippen LogP contribution in [-0.2, 0) is 9.59 Å². The number of aromatic nitrogens is 1. The molecule has 0 spiro atoms. The van der Waals surface area contributed by atoms with Gasteiger partial charge in [0.25, 0.3) is 17.4 Å². The number of carbonyl (C=O) groups excluding carboxylic acids is 2. The van der Waals surface area contributed by atoms with Crippen molar-refractivity contribution in [3.63, 3.8) is 0 Å². The molecule has 1 aliphatic heterocycles. The zero-order valence-electron chi connectivity index (χ0n) is 15.1. The van der Waals surface area contributed by atoms with E-state index in [0.717, 1.165) is 0 Å². The molecule has 0 aliphatic carbocycles. The van der Waals surface area contributed by atoms with E-state index in [4.69, 9.17) is 9.47 Å². The largest absolute Gasteiger partial charge is 0.495 e. The summed E-state index contributed by atoms with van der Waals surface area (Å²) in [7, 11) is 1.51. The van der Waals surface area contributed by atoms with Crippen molar-refractivity contribution in [1.29, 1.82) is 0 Å². The molecule has 0 saturated heterocycles. The Morgan fingerprint density at radius 1 is 1.27 bits per heavy atom. The zero-order chi connectivity index (χ0) is 18.9. The first-order valence-electron chi connectivity index (χ1n) is 8.30. The standard InChI is InChI=1S/C19H21N3O4/c1-12(2)22-16-15(10-7-11-20-16)26-19(3,18(22)24)17(23)21-13-8-5-6-9-14(13)25-4/h5-12H,1-4H3,(H,21,23)/t19-/m1/s1. The zero-order valence-corrected chi connectivity index (χ0v) is 15.1. The van der Waals surface area contributed by atoms with Crippen LogP contribution in [0.15, 0.2) is 42.6 Å². The Balaban J connectivity index is 1.98. The highest BCUT2D eigenvalue weighted by molar-refractivity contribution is 6.19. The molecule has 7 heteroatoms. The summed E-state index contributed by atoms with van der Waals surface area (Å²) in [6, 6.07) is 10.2. The highest BCUT2D eigenvalue weighted by Gasteiger charge is 2.52. The summed E-state index contributed by atoms with van der Waals surface area (Å²) >= 11 is 0. The normalized spacial score (nSPS) is 19.0. The van der Waals surface area contributed by atoms with Crippen LogP contribution in [-0.4, -0.2) is 35.6 Å². The molecule has 2 heterocycles. The lowest BCUT2D eigenvalue weighted by atomic mass is 9.99. The molecule has 2 amide bonds.